The summed E-state index contributed by atoms with van der Waals surface area (Å²) >= 11 is 3.64. The number of rotatable bonds is 4. The third kappa shape index (κ3) is 2.60. The summed E-state index contributed by atoms with van der Waals surface area (Å²) in [5.41, 5.74) is 4.32. The molecule has 0 atom stereocenters. The molecular formula is C15H20BrN3O. The topological polar surface area (TPSA) is 39.1 Å². The van der Waals surface area contributed by atoms with Gasteiger partial charge in [-0.05, 0) is 54.0 Å². The summed E-state index contributed by atoms with van der Waals surface area (Å²) in [6, 6.07) is 4.19. The molecule has 1 N–H and O–H groups in total. The molecule has 5 heteroatoms. The van der Waals surface area contributed by atoms with E-state index in [9.17, 15) is 0 Å². The Morgan fingerprint density at radius 3 is 2.65 bits per heavy atom. The Hall–Kier alpha value is -1.33. The molecule has 0 unspecified atom stereocenters. The Bertz CT molecular complexity index is 635. The number of imidazole rings is 1. The van der Waals surface area contributed by atoms with Gasteiger partial charge in [0.05, 0.1) is 13.7 Å². The van der Waals surface area contributed by atoms with Gasteiger partial charge in [0, 0.05) is 12.6 Å². The van der Waals surface area contributed by atoms with E-state index in [1.165, 1.54) is 5.56 Å². The van der Waals surface area contributed by atoms with Crippen LogP contribution in [0.1, 0.15) is 17.0 Å². The van der Waals surface area contributed by atoms with Crippen molar-refractivity contribution in [3.8, 4) is 17.0 Å². The van der Waals surface area contributed by atoms with Crippen LogP contribution in [0.2, 0.25) is 0 Å². The summed E-state index contributed by atoms with van der Waals surface area (Å²) in [5.74, 6) is 1.84. The maximum Gasteiger partial charge on any atom is 0.128 e. The van der Waals surface area contributed by atoms with Gasteiger partial charge in [0.15, 0.2) is 0 Å². The van der Waals surface area contributed by atoms with E-state index in [1.807, 2.05) is 24.7 Å². The highest BCUT2D eigenvalue weighted by molar-refractivity contribution is 9.10. The minimum Gasteiger partial charge on any atom is -0.496 e. The predicted molar refractivity (Wildman–Crippen MR) is 85.1 cm³/mol. The van der Waals surface area contributed by atoms with Crippen molar-refractivity contribution >= 4 is 15.9 Å². The van der Waals surface area contributed by atoms with Crippen LogP contribution in [0.15, 0.2) is 16.7 Å². The zero-order valence-electron chi connectivity index (χ0n) is 12.5. The average molecular weight is 338 g/mol. The molecule has 0 radical (unpaired) electrons. The molecule has 0 bridgehead atoms. The van der Waals surface area contributed by atoms with Crippen LogP contribution in [-0.4, -0.2) is 23.7 Å². The van der Waals surface area contributed by atoms with Gasteiger partial charge in [0.25, 0.3) is 0 Å². The first-order chi connectivity index (χ1) is 9.49. The van der Waals surface area contributed by atoms with Gasteiger partial charge in [0.1, 0.15) is 21.9 Å². The van der Waals surface area contributed by atoms with Crippen molar-refractivity contribution in [2.24, 2.45) is 7.05 Å². The summed E-state index contributed by atoms with van der Waals surface area (Å²) in [5, 5.41) is 3.13. The second-order valence-corrected chi connectivity index (χ2v) is 5.67. The number of hydrogen-bond acceptors (Lipinski definition) is 3. The van der Waals surface area contributed by atoms with Gasteiger partial charge in [-0.25, -0.2) is 4.98 Å². The van der Waals surface area contributed by atoms with E-state index in [0.717, 1.165) is 39.5 Å². The molecule has 0 aliphatic rings. The molecular weight excluding hydrogens is 318 g/mol. The summed E-state index contributed by atoms with van der Waals surface area (Å²) in [4.78, 5) is 4.74. The van der Waals surface area contributed by atoms with E-state index in [1.54, 1.807) is 7.11 Å². The van der Waals surface area contributed by atoms with Crippen molar-refractivity contribution in [3.63, 3.8) is 0 Å². The monoisotopic (exact) mass is 337 g/mol. The van der Waals surface area contributed by atoms with Crippen molar-refractivity contribution in [1.82, 2.24) is 14.9 Å². The summed E-state index contributed by atoms with van der Waals surface area (Å²) < 4.78 is 8.55. The summed E-state index contributed by atoms with van der Waals surface area (Å²) in [6.07, 6.45) is 0. The molecule has 108 valence electrons. The highest BCUT2D eigenvalue weighted by Crippen LogP contribution is 2.37. The summed E-state index contributed by atoms with van der Waals surface area (Å²) in [6.45, 7) is 4.88. The molecule has 0 aliphatic carbocycles. The molecule has 2 rings (SSSR count). The lowest BCUT2D eigenvalue weighted by Gasteiger charge is -2.11. The van der Waals surface area contributed by atoms with Gasteiger partial charge in [-0.15, -0.1) is 0 Å². The molecule has 0 amide bonds. The molecule has 0 fully saturated rings. The number of aryl methyl sites for hydroxylation is 2. The van der Waals surface area contributed by atoms with Gasteiger partial charge in [-0.3, -0.25) is 0 Å². The maximum absolute atomic E-state index is 5.54. The number of aromatic nitrogens is 2. The van der Waals surface area contributed by atoms with E-state index in [0.29, 0.717) is 0 Å². The van der Waals surface area contributed by atoms with Crippen molar-refractivity contribution in [3.05, 3.63) is 33.7 Å². The van der Waals surface area contributed by atoms with Gasteiger partial charge < -0.3 is 14.6 Å². The second-order valence-electron chi connectivity index (χ2n) is 4.92. The number of nitrogens with one attached hydrogen (secondary N) is 1. The van der Waals surface area contributed by atoms with Crippen LogP contribution in [-0.2, 0) is 13.6 Å². The number of methoxy groups -OCH3 is 1. The lowest BCUT2D eigenvalue weighted by atomic mass is 10.0. The Kier molecular flexibility index (Phi) is 4.50. The zero-order chi connectivity index (χ0) is 14.9. The fourth-order valence-electron chi connectivity index (χ4n) is 2.39. The average Bonchev–Trinajstić information content (AvgIpc) is 2.67. The molecule has 0 saturated heterocycles. The van der Waals surface area contributed by atoms with Crippen LogP contribution in [0, 0.1) is 13.8 Å². The Labute approximate surface area is 128 Å². The van der Waals surface area contributed by atoms with Crippen molar-refractivity contribution in [1.29, 1.82) is 0 Å². The third-order valence-corrected chi connectivity index (χ3v) is 4.26. The minimum absolute atomic E-state index is 0.725. The normalized spacial score (nSPS) is 10.9. The molecule has 2 aromatic rings. The second kappa shape index (κ2) is 5.97. The number of ether oxygens (including phenoxy) is 1. The van der Waals surface area contributed by atoms with Crippen LogP contribution in [0.25, 0.3) is 11.3 Å². The van der Waals surface area contributed by atoms with Crippen LogP contribution in [0.4, 0.5) is 0 Å². The van der Waals surface area contributed by atoms with E-state index in [-0.39, 0.29) is 0 Å². The van der Waals surface area contributed by atoms with Gasteiger partial charge in [-0.1, -0.05) is 6.07 Å². The Balaban J connectivity index is 2.65. The van der Waals surface area contributed by atoms with Crippen molar-refractivity contribution in [2.75, 3.05) is 14.2 Å². The van der Waals surface area contributed by atoms with Crippen LogP contribution in [0.3, 0.4) is 0 Å². The number of benzene rings is 1. The van der Waals surface area contributed by atoms with Gasteiger partial charge in [-0.2, -0.15) is 0 Å². The molecule has 20 heavy (non-hydrogen) atoms. The fraction of sp³-hybridized carbons (Fsp3) is 0.400. The third-order valence-electron chi connectivity index (χ3n) is 3.35. The van der Waals surface area contributed by atoms with Crippen molar-refractivity contribution in [2.45, 2.75) is 20.4 Å². The molecule has 0 spiro atoms. The Morgan fingerprint density at radius 2 is 2.05 bits per heavy atom. The lowest BCUT2D eigenvalue weighted by molar-refractivity contribution is 0.415. The smallest absolute Gasteiger partial charge is 0.128 e. The van der Waals surface area contributed by atoms with Gasteiger partial charge in [0.2, 0.25) is 0 Å². The standard InChI is InChI=1S/C15H20BrN3O/c1-9-6-10(2)13(11(7-9)20-5)14-15(16)19(4)12(18-14)8-17-3/h6-7,17H,8H2,1-5H3. The zero-order valence-corrected chi connectivity index (χ0v) is 14.1. The highest BCUT2D eigenvalue weighted by atomic mass is 79.9. The SMILES string of the molecule is CNCc1nc(-c2c(C)cc(C)cc2OC)c(Br)n1C. The Morgan fingerprint density at radius 1 is 1.35 bits per heavy atom. The fourth-order valence-corrected chi connectivity index (χ4v) is 2.88. The predicted octanol–water partition coefficient (Wildman–Crippen LogP) is 3.19. The van der Waals surface area contributed by atoms with E-state index < -0.39 is 0 Å². The van der Waals surface area contributed by atoms with E-state index in [2.05, 4.69) is 41.2 Å². The van der Waals surface area contributed by atoms with Crippen LogP contribution in [0.5, 0.6) is 5.75 Å². The first-order valence-electron chi connectivity index (χ1n) is 6.50. The number of halogens is 1. The highest BCUT2D eigenvalue weighted by Gasteiger charge is 2.19. The molecule has 0 aliphatic heterocycles. The molecule has 1 aromatic carbocycles. The molecule has 4 nitrogen and oxygen atoms in total. The molecule has 0 saturated carbocycles. The largest absolute Gasteiger partial charge is 0.496 e. The van der Waals surface area contributed by atoms with Crippen molar-refractivity contribution < 1.29 is 4.74 Å². The van der Waals surface area contributed by atoms with E-state index >= 15 is 0 Å². The first kappa shape index (κ1) is 15.1. The molecule has 1 heterocycles. The van der Waals surface area contributed by atoms with Crippen LogP contribution < -0.4 is 10.1 Å². The van der Waals surface area contributed by atoms with Gasteiger partial charge >= 0.3 is 0 Å². The minimum atomic E-state index is 0.725. The lowest BCUT2D eigenvalue weighted by Crippen LogP contribution is -2.10. The summed E-state index contributed by atoms with van der Waals surface area (Å²) in [7, 11) is 5.62. The maximum atomic E-state index is 5.54. The van der Waals surface area contributed by atoms with Crippen LogP contribution >= 0.6 is 15.9 Å². The molecule has 1 aromatic heterocycles. The number of hydrogen-bond donors (Lipinski definition) is 1. The first-order valence-corrected chi connectivity index (χ1v) is 7.30. The van der Waals surface area contributed by atoms with E-state index in [4.69, 9.17) is 9.72 Å². The quantitative estimate of drug-likeness (QED) is 0.931. The number of nitrogens with zero attached hydrogens (tertiary/aromatic N) is 2.